The number of ether oxygens (including phenoxy) is 1. The highest BCUT2D eigenvalue weighted by atomic mass is 16.5. The molecule has 1 aromatic carbocycles. The van der Waals surface area contributed by atoms with Gasteiger partial charge in [0.25, 0.3) is 0 Å². The molecule has 3 fully saturated rings. The summed E-state index contributed by atoms with van der Waals surface area (Å²) in [4.78, 5) is 16.0. The van der Waals surface area contributed by atoms with Crippen LogP contribution in [0, 0.1) is 5.92 Å². The quantitative estimate of drug-likeness (QED) is 0.862. The minimum Gasteiger partial charge on any atom is -0.381 e. The average molecular weight is 371 g/mol. The molecular formula is C23H34N2O2. The summed E-state index contributed by atoms with van der Waals surface area (Å²) in [5.74, 6) is 0.828. The van der Waals surface area contributed by atoms with Gasteiger partial charge in [-0.05, 0) is 63.1 Å². The smallest absolute Gasteiger partial charge is 0.230 e. The van der Waals surface area contributed by atoms with Crippen molar-refractivity contribution in [2.75, 3.05) is 32.8 Å². The molecule has 4 heteroatoms. The molecule has 0 atom stereocenters. The van der Waals surface area contributed by atoms with Crippen molar-refractivity contribution in [3.8, 4) is 0 Å². The van der Waals surface area contributed by atoms with E-state index in [1.807, 2.05) is 18.2 Å². The molecule has 1 aromatic rings. The predicted molar refractivity (Wildman–Crippen MR) is 108 cm³/mol. The van der Waals surface area contributed by atoms with Gasteiger partial charge in [0.15, 0.2) is 0 Å². The average Bonchev–Trinajstić information content (AvgIpc) is 3.28. The van der Waals surface area contributed by atoms with Crippen LogP contribution < -0.4 is 5.32 Å². The fraction of sp³-hybridized carbons (Fsp3) is 0.696. The standard InChI is InChI=1S/C23H34N2O2/c26-22(23(12-16-27-17-13-23)20-6-2-1-3-7-20)24-18-19-10-14-25(15-11-19)21-8-4-5-9-21/h1-3,6-7,19,21H,4-5,8-18H2,(H,24,26). The molecule has 2 heterocycles. The molecular weight excluding hydrogens is 336 g/mol. The van der Waals surface area contributed by atoms with Gasteiger partial charge in [-0.1, -0.05) is 43.2 Å². The van der Waals surface area contributed by atoms with Crippen LogP contribution >= 0.6 is 0 Å². The van der Waals surface area contributed by atoms with Crippen molar-refractivity contribution in [2.45, 2.75) is 62.8 Å². The maximum atomic E-state index is 13.3. The monoisotopic (exact) mass is 370 g/mol. The summed E-state index contributed by atoms with van der Waals surface area (Å²) in [7, 11) is 0. The van der Waals surface area contributed by atoms with E-state index in [1.54, 1.807) is 0 Å². The predicted octanol–water partition coefficient (Wildman–Crippen LogP) is 3.51. The zero-order valence-electron chi connectivity index (χ0n) is 16.5. The second-order valence-corrected chi connectivity index (χ2v) is 8.69. The number of hydrogen-bond donors (Lipinski definition) is 1. The minimum absolute atomic E-state index is 0.204. The molecule has 0 radical (unpaired) electrons. The van der Waals surface area contributed by atoms with Crippen molar-refractivity contribution >= 4 is 5.91 Å². The largest absolute Gasteiger partial charge is 0.381 e. The van der Waals surface area contributed by atoms with Crippen LogP contribution in [0.15, 0.2) is 30.3 Å². The molecule has 1 N–H and O–H groups in total. The number of nitrogens with one attached hydrogen (secondary N) is 1. The summed E-state index contributed by atoms with van der Waals surface area (Å²) in [6, 6.07) is 11.1. The van der Waals surface area contributed by atoms with Crippen LogP contribution in [0.5, 0.6) is 0 Å². The molecule has 27 heavy (non-hydrogen) atoms. The Kier molecular flexibility index (Phi) is 6.14. The number of likely N-dealkylation sites (tertiary alicyclic amines) is 1. The van der Waals surface area contributed by atoms with E-state index in [-0.39, 0.29) is 5.91 Å². The minimum atomic E-state index is -0.413. The van der Waals surface area contributed by atoms with Crippen molar-refractivity contribution in [1.29, 1.82) is 0 Å². The summed E-state index contributed by atoms with van der Waals surface area (Å²) >= 11 is 0. The number of carbonyl (C=O) groups is 1. The van der Waals surface area contributed by atoms with Crippen LogP contribution in [-0.4, -0.2) is 49.7 Å². The molecule has 148 valence electrons. The lowest BCUT2D eigenvalue weighted by Gasteiger charge is -2.38. The molecule has 1 aliphatic carbocycles. The molecule has 0 unspecified atom stereocenters. The highest BCUT2D eigenvalue weighted by Crippen LogP contribution is 2.35. The SMILES string of the molecule is O=C(NCC1CCN(C2CCCC2)CC1)C1(c2ccccc2)CCOCC1. The van der Waals surface area contributed by atoms with E-state index in [4.69, 9.17) is 4.74 Å². The van der Waals surface area contributed by atoms with E-state index < -0.39 is 5.41 Å². The zero-order valence-corrected chi connectivity index (χ0v) is 16.5. The summed E-state index contributed by atoms with van der Waals surface area (Å²) < 4.78 is 5.57. The van der Waals surface area contributed by atoms with Crippen molar-refractivity contribution in [3.05, 3.63) is 35.9 Å². The molecule has 0 bridgehead atoms. The summed E-state index contributed by atoms with van der Waals surface area (Å²) in [6.07, 6.45) is 9.60. The molecule has 1 amide bonds. The Morgan fingerprint density at radius 2 is 1.70 bits per heavy atom. The third-order valence-electron chi connectivity index (χ3n) is 7.15. The van der Waals surface area contributed by atoms with Crippen LogP contribution in [0.4, 0.5) is 0 Å². The van der Waals surface area contributed by atoms with Crippen LogP contribution in [0.3, 0.4) is 0 Å². The van der Waals surface area contributed by atoms with Crippen molar-refractivity contribution < 1.29 is 9.53 Å². The van der Waals surface area contributed by atoms with Crippen LogP contribution in [0.2, 0.25) is 0 Å². The van der Waals surface area contributed by atoms with Crippen molar-refractivity contribution in [2.24, 2.45) is 5.92 Å². The molecule has 3 aliphatic rings. The van der Waals surface area contributed by atoms with Crippen molar-refractivity contribution in [3.63, 3.8) is 0 Å². The lowest BCUT2D eigenvalue weighted by atomic mass is 9.73. The maximum absolute atomic E-state index is 13.3. The number of amides is 1. The van der Waals surface area contributed by atoms with E-state index in [0.29, 0.717) is 19.1 Å². The topological polar surface area (TPSA) is 41.6 Å². The fourth-order valence-electron chi connectivity index (χ4n) is 5.32. The molecule has 0 spiro atoms. The second kappa shape index (κ2) is 8.74. The maximum Gasteiger partial charge on any atom is 0.230 e. The Hall–Kier alpha value is -1.39. The van der Waals surface area contributed by atoms with Gasteiger partial charge in [0.1, 0.15) is 0 Å². The Balaban J connectivity index is 1.32. The Morgan fingerprint density at radius 3 is 2.37 bits per heavy atom. The van der Waals surface area contributed by atoms with Gasteiger partial charge in [0.2, 0.25) is 5.91 Å². The first-order valence-electron chi connectivity index (χ1n) is 10.9. The lowest BCUT2D eigenvalue weighted by Crippen LogP contribution is -2.50. The van der Waals surface area contributed by atoms with Crippen LogP contribution in [0.1, 0.15) is 56.9 Å². The Morgan fingerprint density at radius 1 is 1.04 bits per heavy atom. The number of rotatable bonds is 5. The van der Waals surface area contributed by atoms with E-state index in [1.165, 1.54) is 51.6 Å². The summed E-state index contributed by atoms with van der Waals surface area (Å²) in [5.41, 5.74) is 0.728. The first kappa shape index (κ1) is 18.9. The molecule has 2 saturated heterocycles. The van der Waals surface area contributed by atoms with Gasteiger partial charge >= 0.3 is 0 Å². The highest BCUT2D eigenvalue weighted by molar-refractivity contribution is 5.88. The normalized spacial score (nSPS) is 24.7. The Labute approximate surface area is 163 Å². The third-order valence-corrected chi connectivity index (χ3v) is 7.15. The van der Waals surface area contributed by atoms with Gasteiger partial charge in [-0.2, -0.15) is 0 Å². The van der Waals surface area contributed by atoms with Gasteiger partial charge in [-0.3, -0.25) is 4.79 Å². The van der Waals surface area contributed by atoms with E-state index in [0.717, 1.165) is 31.0 Å². The first-order valence-corrected chi connectivity index (χ1v) is 10.9. The summed E-state index contributed by atoms with van der Waals surface area (Å²) in [6.45, 7) is 4.59. The summed E-state index contributed by atoms with van der Waals surface area (Å²) in [5, 5.41) is 3.33. The molecule has 4 nitrogen and oxygen atoms in total. The molecule has 4 rings (SSSR count). The van der Waals surface area contributed by atoms with E-state index in [2.05, 4.69) is 22.3 Å². The van der Waals surface area contributed by atoms with Gasteiger partial charge in [0.05, 0.1) is 5.41 Å². The first-order chi connectivity index (χ1) is 13.3. The molecule has 1 saturated carbocycles. The number of carbonyl (C=O) groups excluding carboxylic acids is 1. The second-order valence-electron chi connectivity index (χ2n) is 8.69. The fourth-order valence-corrected chi connectivity index (χ4v) is 5.32. The van der Waals surface area contributed by atoms with Gasteiger partial charge in [-0.25, -0.2) is 0 Å². The van der Waals surface area contributed by atoms with E-state index in [9.17, 15) is 4.79 Å². The van der Waals surface area contributed by atoms with Crippen molar-refractivity contribution in [1.82, 2.24) is 10.2 Å². The van der Waals surface area contributed by atoms with Gasteiger partial charge in [-0.15, -0.1) is 0 Å². The number of piperidine rings is 1. The highest BCUT2D eigenvalue weighted by Gasteiger charge is 2.41. The third kappa shape index (κ3) is 4.22. The number of hydrogen-bond acceptors (Lipinski definition) is 3. The van der Waals surface area contributed by atoms with Crippen LogP contribution in [0.25, 0.3) is 0 Å². The number of nitrogens with zero attached hydrogens (tertiary/aromatic N) is 1. The van der Waals surface area contributed by atoms with Gasteiger partial charge < -0.3 is 15.0 Å². The van der Waals surface area contributed by atoms with Gasteiger partial charge in [0, 0.05) is 25.8 Å². The van der Waals surface area contributed by atoms with Crippen LogP contribution in [-0.2, 0) is 14.9 Å². The number of benzene rings is 1. The molecule has 0 aromatic heterocycles. The van der Waals surface area contributed by atoms with E-state index >= 15 is 0 Å². The Bertz CT molecular complexity index is 598. The molecule has 2 aliphatic heterocycles. The lowest BCUT2D eigenvalue weighted by molar-refractivity contribution is -0.130. The zero-order chi connectivity index (χ0) is 18.5.